The summed E-state index contributed by atoms with van der Waals surface area (Å²) in [5, 5.41) is 0. The number of para-hydroxylation sites is 1. The molecule has 0 aromatic heterocycles. The molecule has 0 aliphatic rings. The lowest BCUT2D eigenvalue weighted by Gasteiger charge is -2.10. The Hall–Kier alpha value is -0.780. The first-order valence-corrected chi connectivity index (χ1v) is 5.60. The van der Waals surface area contributed by atoms with Crippen LogP contribution in [0.25, 0.3) is 0 Å². The molecular weight excluding hydrogens is 305 g/mol. The van der Waals surface area contributed by atoms with E-state index in [0.29, 0.717) is 12.4 Å². The van der Waals surface area contributed by atoms with Crippen molar-refractivity contribution < 1.29 is 7.86 Å². The van der Waals surface area contributed by atoms with Gasteiger partial charge in [-0.3, -0.25) is 4.79 Å². The first kappa shape index (κ1) is 14.2. The molecule has 1 aromatic rings. The molecule has 4 heteroatoms. The van der Waals surface area contributed by atoms with E-state index in [9.17, 15) is 0 Å². The predicted molar refractivity (Wildman–Crippen MR) is 70.7 cm³/mol. The molecule has 3 nitrogen and oxygen atoms in total. The highest BCUT2D eigenvalue weighted by Crippen LogP contribution is 2.23. The van der Waals surface area contributed by atoms with E-state index in [1.807, 2.05) is 18.2 Å². The van der Waals surface area contributed by atoms with Crippen LogP contribution in [0.1, 0.15) is 31.7 Å². The van der Waals surface area contributed by atoms with Gasteiger partial charge in [0.2, 0.25) is 0 Å². The van der Waals surface area contributed by atoms with Crippen LogP contribution in [-0.4, -0.2) is 6.47 Å². The van der Waals surface area contributed by atoms with Gasteiger partial charge >= 0.3 is 6.47 Å². The summed E-state index contributed by atoms with van der Waals surface area (Å²) in [5.74, 6) is 0.580. The molecule has 1 atom stereocenters. The topological polar surface area (TPSA) is 52.3 Å². The van der Waals surface area contributed by atoms with Crippen LogP contribution in [0.5, 0.6) is 0 Å². The van der Waals surface area contributed by atoms with Gasteiger partial charge in [0, 0.05) is 5.69 Å². The minimum atomic E-state index is 0.362. The molecule has 0 saturated heterocycles. The minimum absolute atomic E-state index is 0.362. The molecule has 0 spiro atoms. The average molecular weight is 321 g/mol. The fourth-order valence-electron chi connectivity index (χ4n) is 1.18. The third-order valence-electron chi connectivity index (χ3n) is 2.18. The molecular formula is C11H16INO2. The second-order valence-corrected chi connectivity index (χ2v) is 3.63. The van der Waals surface area contributed by atoms with E-state index < -0.39 is 0 Å². The van der Waals surface area contributed by atoms with Gasteiger partial charge in [-0.2, -0.15) is 0 Å². The Morgan fingerprint density at radius 2 is 2.07 bits per heavy atom. The fraction of sp³-hybridized carbons (Fsp3) is 0.364. The molecule has 84 valence electrons. The van der Waals surface area contributed by atoms with Crippen molar-refractivity contribution in [3.05, 3.63) is 29.8 Å². The smallest absolute Gasteiger partial charge is 0.302 e. The van der Waals surface area contributed by atoms with Gasteiger partial charge in [-0.25, -0.2) is 0 Å². The lowest BCUT2D eigenvalue weighted by atomic mass is 9.97. The highest BCUT2D eigenvalue weighted by molar-refractivity contribution is 14.1. The number of carbonyl (C=O) groups is 1. The van der Waals surface area contributed by atoms with E-state index in [-0.39, 0.29) is 0 Å². The van der Waals surface area contributed by atoms with Gasteiger partial charge in [0.05, 0.1) is 0 Å². The highest BCUT2D eigenvalue weighted by Gasteiger charge is 2.04. The van der Waals surface area contributed by atoms with Crippen molar-refractivity contribution in [3.63, 3.8) is 0 Å². The van der Waals surface area contributed by atoms with Gasteiger partial charge in [-0.1, -0.05) is 32.0 Å². The summed E-state index contributed by atoms with van der Waals surface area (Å²) >= 11 is 1.48. The maximum atomic E-state index is 8.94. The van der Waals surface area contributed by atoms with Gasteiger partial charge in [-0.05, 0) is 24.0 Å². The molecule has 2 N–H and O–H groups in total. The van der Waals surface area contributed by atoms with Gasteiger partial charge in [-0.15, -0.1) is 0 Å². The van der Waals surface area contributed by atoms with E-state index in [1.165, 1.54) is 28.6 Å². The molecule has 0 aliphatic carbocycles. The third-order valence-corrected chi connectivity index (χ3v) is 2.38. The van der Waals surface area contributed by atoms with Crippen molar-refractivity contribution >= 4 is 35.2 Å². The second-order valence-electron chi connectivity index (χ2n) is 3.12. The van der Waals surface area contributed by atoms with Gasteiger partial charge in [0.15, 0.2) is 23.0 Å². The number of halogens is 1. The van der Waals surface area contributed by atoms with E-state index in [0.717, 1.165) is 12.1 Å². The molecule has 0 fully saturated rings. The average Bonchev–Trinajstić information content (AvgIpc) is 2.29. The summed E-state index contributed by atoms with van der Waals surface area (Å²) in [4.78, 5) is 8.94. The zero-order chi connectivity index (χ0) is 11.7. The van der Waals surface area contributed by atoms with Crippen molar-refractivity contribution in [2.45, 2.75) is 26.2 Å². The molecule has 1 rings (SSSR count). The Morgan fingerprint density at radius 3 is 2.47 bits per heavy atom. The summed E-state index contributed by atoms with van der Waals surface area (Å²) in [7, 11) is 0. The minimum Gasteiger partial charge on any atom is -0.398 e. The number of carbonyl (C=O) groups excluding carboxylic acids is 1. The highest BCUT2D eigenvalue weighted by atomic mass is 127. The number of nitrogens with two attached hydrogens (primary N) is 1. The SMILES string of the molecule is CCC(C)c1ccccc1N.O=COI. The third kappa shape index (κ3) is 5.61. The summed E-state index contributed by atoms with van der Waals surface area (Å²) in [5.41, 5.74) is 7.99. The van der Waals surface area contributed by atoms with E-state index in [2.05, 4.69) is 23.0 Å². The molecule has 0 saturated carbocycles. The fourth-order valence-corrected chi connectivity index (χ4v) is 1.18. The van der Waals surface area contributed by atoms with Crippen LogP contribution < -0.4 is 5.73 Å². The van der Waals surface area contributed by atoms with Crippen molar-refractivity contribution in [1.29, 1.82) is 0 Å². The number of benzene rings is 1. The van der Waals surface area contributed by atoms with Gasteiger partial charge in [0.1, 0.15) is 0 Å². The number of hydrogen-bond acceptors (Lipinski definition) is 3. The molecule has 0 heterocycles. The lowest BCUT2D eigenvalue weighted by Crippen LogP contribution is -1.97. The monoisotopic (exact) mass is 321 g/mol. The number of rotatable bonds is 3. The summed E-state index contributed by atoms with van der Waals surface area (Å²) < 4.78 is 3.83. The lowest BCUT2D eigenvalue weighted by molar-refractivity contribution is -0.118. The van der Waals surface area contributed by atoms with Crippen LogP contribution in [0, 0.1) is 0 Å². The summed E-state index contributed by atoms with van der Waals surface area (Å²) in [6.07, 6.45) is 1.15. The maximum absolute atomic E-state index is 8.94. The number of anilines is 1. The molecule has 15 heavy (non-hydrogen) atoms. The molecule has 0 aliphatic heterocycles. The molecule has 0 amide bonds. The van der Waals surface area contributed by atoms with Crippen molar-refractivity contribution in [2.75, 3.05) is 5.73 Å². The Morgan fingerprint density at radius 1 is 1.53 bits per heavy atom. The van der Waals surface area contributed by atoms with E-state index >= 15 is 0 Å². The van der Waals surface area contributed by atoms with Gasteiger partial charge < -0.3 is 8.80 Å². The van der Waals surface area contributed by atoms with E-state index in [1.54, 1.807) is 0 Å². The zero-order valence-corrected chi connectivity index (χ0v) is 11.1. The van der Waals surface area contributed by atoms with E-state index in [4.69, 9.17) is 10.5 Å². The van der Waals surface area contributed by atoms with Crippen LogP contribution in [0.3, 0.4) is 0 Å². The molecule has 0 bridgehead atoms. The van der Waals surface area contributed by atoms with Crippen molar-refractivity contribution in [2.24, 2.45) is 0 Å². The van der Waals surface area contributed by atoms with Crippen LogP contribution in [0.2, 0.25) is 0 Å². The standard InChI is InChI=1S/C10H15N.CHIO2/c1-3-8(2)9-6-4-5-7-10(9)11;2-4-1-3/h4-8H,3,11H2,1-2H3;1H. The number of hydrogen-bond donors (Lipinski definition) is 1. The second kappa shape index (κ2) is 8.52. The predicted octanol–water partition coefficient (Wildman–Crippen LogP) is 3.29. The summed E-state index contributed by atoms with van der Waals surface area (Å²) in [6.45, 7) is 4.74. The van der Waals surface area contributed by atoms with Crippen molar-refractivity contribution in [3.8, 4) is 0 Å². The van der Waals surface area contributed by atoms with Crippen LogP contribution >= 0.6 is 23.0 Å². The normalized spacial score (nSPS) is 10.9. The van der Waals surface area contributed by atoms with Gasteiger partial charge in [0.25, 0.3) is 0 Å². The zero-order valence-electron chi connectivity index (χ0n) is 8.94. The van der Waals surface area contributed by atoms with Crippen LogP contribution in [-0.2, 0) is 7.86 Å². The Labute approximate surface area is 105 Å². The summed E-state index contributed by atoms with van der Waals surface area (Å²) in [6, 6.07) is 8.07. The molecule has 1 unspecified atom stereocenters. The number of nitrogen functional groups attached to an aromatic ring is 1. The van der Waals surface area contributed by atoms with Crippen LogP contribution in [0.15, 0.2) is 24.3 Å². The largest absolute Gasteiger partial charge is 0.398 e. The molecule has 1 aromatic carbocycles. The Bertz CT molecular complexity index is 292. The first-order chi connectivity index (χ1) is 7.17. The molecule has 0 radical (unpaired) electrons. The first-order valence-electron chi connectivity index (χ1n) is 4.72. The van der Waals surface area contributed by atoms with Crippen LogP contribution in [0.4, 0.5) is 5.69 Å². The quantitative estimate of drug-likeness (QED) is 0.528. The Kier molecular flexibility index (Phi) is 8.08. The Balaban J connectivity index is 0.000000423. The maximum Gasteiger partial charge on any atom is 0.302 e. The van der Waals surface area contributed by atoms with Crippen molar-refractivity contribution in [1.82, 2.24) is 0 Å².